The summed E-state index contributed by atoms with van der Waals surface area (Å²) >= 11 is 0. The summed E-state index contributed by atoms with van der Waals surface area (Å²) in [5, 5.41) is 3.54. The highest BCUT2D eigenvalue weighted by atomic mass is 14.9. The third kappa shape index (κ3) is 3.33. The zero-order valence-electron chi connectivity index (χ0n) is 9.15. The first-order valence-corrected chi connectivity index (χ1v) is 5.87. The van der Waals surface area contributed by atoms with Crippen LogP contribution in [0.2, 0.25) is 0 Å². The molecule has 82 valence electrons. The molecular weight excluding hydrogens is 184 g/mol. The van der Waals surface area contributed by atoms with Crippen LogP contribution in [0.15, 0.2) is 30.3 Å². The number of hydrogen-bond acceptors (Lipinski definition) is 2. The van der Waals surface area contributed by atoms with E-state index < -0.39 is 0 Å². The van der Waals surface area contributed by atoms with Crippen molar-refractivity contribution < 1.29 is 0 Å². The summed E-state index contributed by atoms with van der Waals surface area (Å²) in [6.45, 7) is 1.08. The molecular formula is C13H20N2. The molecule has 2 rings (SSSR count). The molecule has 0 bridgehead atoms. The third-order valence-corrected chi connectivity index (χ3v) is 3.16. The Kier molecular flexibility index (Phi) is 3.75. The van der Waals surface area contributed by atoms with E-state index in [1.807, 2.05) is 0 Å². The predicted octanol–water partition coefficient (Wildman–Crippen LogP) is 1.70. The zero-order chi connectivity index (χ0) is 10.5. The van der Waals surface area contributed by atoms with Gasteiger partial charge >= 0.3 is 0 Å². The summed E-state index contributed by atoms with van der Waals surface area (Å²) in [5.41, 5.74) is 7.38. The second-order valence-electron chi connectivity index (χ2n) is 4.46. The lowest BCUT2D eigenvalue weighted by atomic mass is 9.95. The Morgan fingerprint density at radius 2 is 2.07 bits per heavy atom. The van der Waals surface area contributed by atoms with Gasteiger partial charge in [-0.05, 0) is 37.8 Å². The highest BCUT2D eigenvalue weighted by Crippen LogP contribution is 2.12. The predicted molar refractivity (Wildman–Crippen MR) is 63.8 cm³/mol. The Balaban J connectivity index is 1.78. The number of aryl methyl sites for hydroxylation is 1. The minimum Gasteiger partial charge on any atom is -0.328 e. The van der Waals surface area contributed by atoms with Crippen molar-refractivity contribution in [3.63, 3.8) is 0 Å². The molecule has 2 atom stereocenters. The average Bonchev–Trinajstić information content (AvgIpc) is 2.28. The maximum absolute atomic E-state index is 5.95. The molecule has 0 spiro atoms. The first-order valence-electron chi connectivity index (χ1n) is 5.87. The molecule has 1 aliphatic heterocycles. The van der Waals surface area contributed by atoms with E-state index in [1.54, 1.807) is 0 Å². The molecule has 1 fully saturated rings. The molecule has 2 unspecified atom stereocenters. The second kappa shape index (κ2) is 5.29. The molecule has 0 aliphatic carbocycles. The van der Waals surface area contributed by atoms with E-state index in [-0.39, 0.29) is 0 Å². The first-order chi connectivity index (χ1) is 7.34. The molecule has 3 N–H and O–H groups in total. The maximum Gasteiger partial charge on any atom is 0.00849 e. The van der Waals surface area contributed by atoms with Gasteiger partial charge < -0.3 is 11.1 Å². The highest BCUT2D eigenvalue weighted by molar-refractivity contribution is 5.14. The van der Waals surface area contributed by atoms with Gasteiger partial charge in [-0.1, -0.05) is 30.3 Å². The number of hydrogen-bond donors (Lipinski definition) is 2. The van der Waals surface area contributed by atoms with Gasteiger partial charge in [0, 0.05) is 12.1 Å². The quantitative estimate of drug-likeness (QED) is 0.786. The number of benzene rings is 1. The highest BCUT2D eigenvalue weighted by Gasteiger charge is 2.17. The molecule has 2 heteroatoms. The van der Waals surface area contributed by atoms with E-state index in [1.165, 1.54) is 12.0 Å². The van der Waals surface area contributed by atoms with E-state index in [4.69, 9.17) is 5.73 Å². The molecule has 1 saturated heterocycles. The molecule has 1 heterocycles. The zero-order valence-corrected chi connectivity index (χ0v) is 9.15. The van der Waals surface area contributed by atoms with Crippen LogP contribution < -0.4 is 11.1 Å². The van der Waals surface area contributed by atoms with Crippen molar-refractivity contribution >= 4 is 0 Å². The van der Waals surface area contributed by atoms with Gasteiger partial charge in [-0.2, -0.15) is 0 Å². The molecule has 1 aromatic carbocycles. The minimum atomic E-state index is 0.409. The Morgan fingerprint density at radius 3 is 2.80 bits per heavy atom. The molecule has 0 aromatic heterocycles. The summed E-state index contributed by atoms with van der Waals surface area (Å²) in [7, 11) is 0. The lowest BCUT2D eigenvalue weighted by Crippen LogP contribution is -2.43. The topological polar surface area (TPSA) is 38.0 Å². The van der Waals surface area contributed by atoms with Crippen LogP contribution in [0.25, 0.3) is 0 Å². The lowest BCUT2D eigenvalue weighted by Gasteiger charge is -2.28. The monoisotopic (exact) mass is 204 g/mol. The van der Waals surface area contributed by atoms with Gasteiger partial charge in [-0.3, -0.25) is 0 Å². The number of nitrogens with two attached hydrogens (primary N) is 1. The average molecular weight is 204 g/mol. The van der Waals surface area contributed by atoms with Crippen molar-refractivity contribution in [2.75, 3.05) is 6.54 Å². The molecule has 1 aliphatic rings. The summed E-state index contributed by atoms with van der Waals surface area (Å²) in [4.78, 5) is 0. The van der Waals surface area contributed by atoms with Gasteiger partial charge in [-0.15, -0.1) is 0 Å². The van der Waals surface area contributed by atoms with E-state index in [2.05, 4.69) is 35.6 Å². The Hall–Kier alpha value is -0.860. The van der Waals surface area contributed by atoms with Crippen molar-refractivity contribution in [1.82, 2.24) is 5.32 Å². The lowest BCUT2D eigenvalue weighted by molar-refractivity contribution is 0.347. The molecule has 1 aromatic rings. The minimum absolute atomic E-state index is 0.409. The Labute approximate surface area is 91.9 Å². The molecule has 2 nitrogen and oxygen atoms in total. The Bertz CT molecular complexity index is 284. The van der Waals surface area contributed by atoms with Crippen LogP contribution in [0.5, 0.6) is 0 Å². The van der Waals surface area contributed by atoms with Crippen molar-refractivity contribution in [2.45, 2.75) is 37.8 Å². The number of piperidine rings is 1. The Morgan fingerprint density at radius 1 is 1.27 bits per heavy atom. The summed E-state index contributed by atoms with van der Waals surface area (Å²) in [6, 6.07) is 11.7. The number of rotatable bonds is 3. The summed E-state index contributed by atoms with van der Waals surface area (Å²) in [5.74, 6) is 0. The van der Waals surface area contributed by atoms with Gasteiger partial charge in [0.1, 0.15) is 0 Å². The van der Waals surface area contributed by atoms with Crippen LogP contribution in [-0.2, 0) is 6.42 Å². The van der Waals surface area contributed by atoms with E-state index in [0.717, 1.165) is 25.8 Å². The molecule has 0 radical (unpaired) electrons. The standard InChI is InChI=1S/C13H20N2/c14-12-8-9-15-13(10-12)7-6-11-4-2-1-3-5-11/h1-5,12-13,15H,6-10,14H2. The van der Waals surface area contributed by atoms with Crippen LogP contribution in [0.1, 0.15) is 24.8 Å². The van der Waals surface area contributed by atoms with Crippen LogP contribution in [0.4, 0.5) is 0 Å². The van der Waals surface area contributed by atoms with Crippen LogP contribution in [0.3, 0.4) is 0 Å². The smallest absolute Gasteiger partial charge is 0.00849 e. The van der Waals surface area contributed by atoms with E-state index in [0.29, 0.717) is 12.1 Å². The van der Waals surface area contributed by atoms with Gasteiger partial charge in [0.05, 0.1) is 0 Å². The van der Waals surface area contributed by atoms with Crippen molar-refractivity contribution in [3.8, 4) is 0 Å². The van der Waals surface area contributed by atoms with E-state index >= 15 is 0 Å². The van der Waals surface area contributed by atoms with E-state index in [9.17, 15) is 0 Å². The third-order valence-electron chi connectivity index (χ3n) is 3.16. The van der Waals surface area contributed by atoms with Crippen LogP contribution in [-0.4, -0.2) is 18.6 Å². The second-order valence-corrected chi connectivity index (χ2v) is 4.46. The molecule has 15 heavy (non-hydrogen) atoms. The van der Waals surface area contributed by atoms with Crippen molar-refractivity contribution in [3.05, 3.63) is 35.9 Å². The van der Waals surface area contributed by atoms with Gasteiger partial charge in [0.2, 0.25) is 0 Å². The maximum atomic E-state index is 5.95. The largest absolute Gasteiger partial charge is 0.328 e. The van der Waals surface area contributed by atoms with Crippen LogP contribution >= 0.6 is 0 Å². The van der Waals surface area contributed by atoms with Gasteiger partial charge in [0.25, 0.3) is 0 Å². The summed E-state index contributed by atoms with van der Waals surface area (Å²) in [6.07, 6.45) is 4.62. The SMILES string of the molecule is NC1CCNC(CCc2ccccc2)C1. The van der Waals surface area contributed by atoms with Crippen LogP contribution in [0, 0.1) is 0 Å². The number of nitrogens with one attached hydrogen (secondary N) is 1. The molecule has 0 amide bonds. The van der Waals surface area contributed by atoms with Gasteiger partial charge in [-0.25, -0.2) is 0 Å². The van der Waals surface area contributed by atoms with Gasteiger partial charge in [0.15, 0.2) is 0 Å². The fourth-order valence-corrected chi connectivity index (χ4v) is 2.24. The fraction of sp³-hybridized carbons (Fsp3) is 0.538. The summed E-state index contributed by atoms with van der Waals surface area (Å²) < 4.78 is 0. The van der Waals surface area contributed by atoms with Crippen molar-refractivity contribution in [2.24, 2.45) is 5.73 Å². The fourth-order valence-electron chi connectivity index (χ4n) is 2.24. The first kappa shape index (κ1) is 10.7. The van der Waals surface area contributed by atoms with Crippen molar-refractivity contribution in [1.29, 1.82) is 0 Å². The normalized spacial score (nSPS) is 26.5. The molecule has 0 saturated carbocycles.